The maximum absolute atomic E-state index is 11.1. The molecule has 0 aromatic carbocycles. The van der Waals surface area contributed by atoms with Gasteiger partial charge < -0.3 is 14.8 Å². The smallest absolute Gasteiger partial charge is 0.305 e. The van der Waals surface area contributed by atoms with E-state index in [1.165, 1.54) is 0 Å². The zero-order valence-electron chi connectivity index (χ0n) is 11.0. The number of hydrogen-bond acceptors (Lipinski definition) is 4. The Morgan fingerprint density at radius 2 is 2.24 bits per heavy atom. The van der Waals surface area contributed by atoms with Crippen molar-refractivity contribution in [2.75, 3.05) is 19.8 Å². The van der Waals surface area contributed by atoms with Gasteiger partial charge in [0.1, 0.15) is 0 Å². The average molecular weight is 243 g/mol. The minimum Gasteiger partial charge on any atom is -0.466 e. The van der Waals surface area contributed by atoms with E-state index in [9.17, 15) is 4.79 Å². The van der Waals surface area contributed by atoms with Gasteiger partial charge >= 0.3 is 5.97 Å². The predicted octanol–water partition coefficient (Wildman–Crippen LogP) is 1.88. The van der Waals surface area contributed by atoms with Crippen molar-refractivity contribution in [1.29, 1.82) is 0 Å². The molecule has 100 valence electrons. The van der Waals surface area contributed by atoms with Gasteiger partial charge in [0.15, 0.2) is 0 Å². The fourth-order valence-electron chi connectivity index (χ4n) is 2.09. The first-order chi connectivity index (χ1) is 8.24. The van der Waals surface area contributed by atoms with Crippen LogP contribution < -0.4 is 5.32 Å². The van der Waals surface area contributed by atoms with Crippen LogP contribution in [-0.2, 0) is 14.3 Å². The van der Waals surface area contributed by atoms with E-state index in [-0.39, 0.29) is 5.97 Å². The highest BCUT2D eigenvalue weighted by atomic mass is 16.5. The minimum atomic E-state index is -0.0710. The lowest BCUT2D eigenvalue weighted by molar-refractivity contribution is -0.143. The summed E-state index contributed by atoms with van der Waals surface area (Å²) in [4.78, 5) is 11.1. The lowest BCUT2D eigenvalue weighted by Crippen LogP contribution is -2.35. The standard InChI is InChI=1S/C13H25NO3/c1-3-16-13(15)7-5-4-6-9-14-12-8-10-17-11(12)2/h11-12,14H,3-10H2,1-2H3. The largest absolute Gasteiger partial charge is 0.466 e. The van der Waals surface area contributed by atoms with Gasteiger partial charge in [-0.15, -0.1) is 0 Å². The van der Waals surface area contributed by atoms with Crippen molar-refractivity contribution >= 4 is 5.97 Å². The Morgan fingerprint density at radius 3 is 2.88 bits per heavy atom. The zero-order valence-corrected chi connectivity index (χ0v) is 11.0. The van der Waals surface area contributed by atoms with Crippen LogP contribution in [0.4, 0.5) is 0 Å². The lowest BCUT2D eigenvalue weighted by atomic mass is 10.1. The molecule has 2 unspecified atom stereocenters. The van der Waals surface area contributed by atoms with Crippen molar-refractivity contribution in [3.63, 3.8) is 0 Å². The Bertz CT molecular complexity index is 221. The van der Waals surface area contributed by atoms with Crippen molar-refractivity contribution in [2.24, 2.45) is 0 Å². The van der Waals surface area contributed by atoms with E-state index in [1.807, 2.05) is 6.92 Å². The summed E-state index contributed by atoms with van der Waals surface area (Å²) in [6, 6.07) is 0.514. The van der Waals surface area contributed by atoms with Crippen LogP contribution in [0, 0.1) is 0 Å². The number of ether oxygens (including phenoxy) is 2. The highest BCUT2D eigenvalue weighted by molar-refractivity contribution is 5.69. The van der Waals surface area contributed by atoms with Crippen molar-refractivity contribution in [2.45, 2.75) is 58.1 Å². The molecule has 1 saturated heterocycles. The van der Waals surface area contributed by atoms with Gasteiger partial charge in [-0.1, -0.05) is 6.42 Å². The molecule has 1 fully saturated rings. The summed E-state index contributed by atoms with van der Waals surface area (Å²) in [5.74, 6) is -0.0710. The van der Waals surface area contributed by atoms with Gasteiger partial charge in [0.2, 0.25) is 0 Å². The molecule has 0 aromatic heterocycles. The van der Waals surface area contributed by atoms with E-state index in [0.717, 1.165) is 38.8 Å². The van der Waals surface area contributed by atoms with Crippen molar-refractivity contribution in [3.8, 4) is 0 Å². The highest BCUT2D eigenvalue weighted by Gasteiger charge is 2.22. The molecule has 0 bridgehead atoms. The third-order valence-electron chi connectivity index (χ3n) is 3.15. The monoisotopic (exact) mass is 243 g/mol. The Labute approximate surface area is 104 Å². The Balaban J connectivity index is 1.89. The summed E-state index contributed by atoms with van der Waals surface area (Å²) >= 11 is 0. The molecule has 4 heteroatoms. The predicted molar refractivity (Wildman–Crippen MR) is 66.9 cm³/mol. The van der Waals surface area contributed by atoms with Crippen LogP contribution in [0.5, 0.6) is 0 Å². The fourth-order valence-corrected chi connectivity index (χ4v) is 2.09. The molecular formula is C13H25NO3. The quantitative estimate of drug-likeness (QED) is 0.522. The molecule has 0 spiro atoms. The van der Waals surface area contributed by atoms with Crippen molar-refractivity contribution < 1.29 is 14.3 Å². The fraction of sp³-hybridized carbons (Fsp3) is 0.923. The van der Waals surface area contributed by atoms with E-state index < -0.39 is 0 Å². The molecule has 1 aliphatic heterocycles. The SMILES string of the molecule is CCOC(=O)CCCCCNC1CCOC1C. The maximum atomic E-state index is 11.1. The van der Waals surface area contributed by atoms with Gasteiger partial charge in [-0.05, 0) is 39.7 Å². The van der Waals surface area contributed by atoms with Crippen LogP contribution >= 0.6 is 0 Å². The number of carbonyl (C=O) groups excluding carboxylic acids is 1. The molecule has 0 radical (unpaired) electrons. The molecule has 4 nitrogen and oxygen atoms in total. The summed E-state index contributed by atoms with van der Waals surface area (Å²) in [6.07, 6.45) is 5.13. The number of rotatable bonds is 8. The Morgan fingerprint density at radius 1 is 1.41 bits per heavy atom. The summed E-state index contributed by atoms with van der Waals surface area (Å²) in [7, 11) is 0. The van der Waals surface area contributed by atoms with Gasteiger partial charge in [0, 0.05) is 19.1 Å². The second-order valence-electron chi connectivity index (χ2n) is 4.54. The zero-order chi connectivity index (χ0) is 12.5. The molecule has 1 rings (SSSR count). The number of unbranched alkanes of at least 4 members (excludes halogenated alkanes) is 2. The lowest BCUT2D eigenvalue weighted by Gasteiger charge is -2.15. The normalized spacial score (nSPS) is 23.9. The molecule has 0 amide bonds. The summed E-state index contributed by atoms with van der Waals surface area (Å²) < 4.78 is 10.4. The molecular weight excluding hydrogens is 218 g/mol. The third kappa shape index (κ3) is 6.03. The van der Waals surface area contributed by atoms with Crippen LogP contribution in [0.2, 0.25) is 0 Å². The minimum absolute atomic E-state index is 0.0710. The van der Waals surface area contributed by atoms with E-state index in [1.54, 1.807) is 0 Å². The average Bonchev–Trinajstić information content (AvgIpc) is 2.70. The van der Waals surface area contributed by atoms with Gasteiger partial charge in [-0.2, -0.15) is 0 Å². The first-order valence-electron chi connectivity index (χ1n) is 6.74. The molecule has 1 N–H and O–H groups in total. The van der Waals surface area contributed by atoms with E-state index in [0.29, 0.717) is 25.2 Å². The first-order valence-corrected chi connectivity index (χ1v) is 6.74. The van der Waals surface area contributed by atoms with Gasteiger partial charge in [0.05, 0.1) is 12.7 Å². The Hall–Kier alpha value is -0.610. The van der Waals surface area contributed by atoms with Crippen LogP contribution in [-0.4, -0.2) is 37.9 Å². The molecule has 17 heavy (non-hydrogen) atoms. The van der Waals surface area contributed by atoms with Gasteiger partial charge in [0.25, 0.3) is 0 Å². The highest BCUT2D eigenvalue weighted by Crippen LogP contribution is 2.12. The van der Waals surface area contributed by atoms with Crippen molar-refractivity contribution in [1.82, 2.24) is 5.32 Å². The second-order valence-corrected chi connectivity index (χ2v) is 4.54. The van der Waals surface area contributed by atoms with E-state index in [4.69, 9.17) is 9.47 Å². The van der Waals surface area contributed by atoms with Crippen LogP contribution in [0.3, 0.4) is 0 Å². The maximum Gasteiger partial charge on any atom is 0.305 e. The van der Waals surface area contributed by atoms with E-state index in [2.05, 4.69) is 12.2 Å². The second kappa shape index (κ2) is 8.48. The van der Waals surface area contributed by atoms with E-state index >= 15 is 0 Å². The third-order valence-corrected chi connectivity index (χ3v) is 3.15. The Kier molecular flexibility index (Phi) is 7.21. The summed E-state index contributed by atoms with van der Waals surface area (Å²) in [5, 5.41) is 3.50. The molecule has 0 aliphatic carbocycles. The molecule has 0 aromatic rings. The van der Waals surface area contributed by atoms with Crippen molar-refractivity contribution in [3.05, 3.63) is 0 Å². The number of hydrogen-bond donors (Lipinski definition) is 1. The van der Waals surface area contributed by atoms with Crippen LogP contribution in [0.15, 0.2) is 0 Å². The number of nitrogens with one attached hydrogen (secondary N) is 1. The van der Waals surface area contributed by atoms with Crippen LogP contribution in [0.1, 0.15) is 46.0 Å². The summed E-state index contributed by atoms with van der Waals surface area (Å²) in [6.45, 7) is 6.33. The topological polar surface area (TPSA) is 47.6 Å². The van der Waals surface area contributed by atoms with Gasteiger partial charge in [-0.3, -0.25) is 4.79 Å². The number of carbonyl (C=O) groups is 1. The molecule has 1 heterocycles. The molecule has 1 aliphatic rings. The molecule has 2 atom stereocenters. The molecule has 0 saturated carbocycles. The number of esters is 1. The van der Waals surface area contributed by atoms with Gasteiger partial charge in [-0.25, -0.2) is 0 Å². The van der Waals surface area contributed by atoms with Crippen LogP contribution in [0.25, 0.3) is 0 Å². The summed E-state index contributed by atoms with van der Waals surface area (Å²) in [5.41, 5.74) is 0. The first kappa shape index (κ1) is 14.5.